The summed E-state index contributed by atoms with van der Waals surface area (Å²) in [5.74, 6) is -0.568. The molecule has 0 unspecified atom stereocenters. The van der Waals surface area contributed by atoms with Crippen molar-refractivity contribution in [2.24, 2.45) is 0 Å². The summed E-state index contributed by atoms with van der Waals surface area (Å²) in [4.78, 5) is 24.9. The number of nitrogens with zero attached hydrogens (tertiary/aromatic N) is 1. The van der Waals surface area contributed by atoms with Gasteiger partial charge in [0.15, 0.2) is 11.5 Å². The third-order valence-corrected chi connectivity index (χ3v) is 4.51. The van der Waals surface area contributed by atoms with Gasteiger partial charge < -0.3 is 14.8 Å². The molecule has 0 aliphatic rings. The largest absolute Gasteiger partial charge is 0.490 e. The SMILES string of the molecule is CCOc1cc(/C=C(\C#N)C(=O)Nc2ccccc2)ccc1OC(=O)c1ccc(Cl)cc1. The fourth-order valence-electron chi connectivity index (χ4n) is 2.75. The average Bonchev–Trinajstić information content (AvgIpc) is 2.80. The van der Waals surface area contributed by atoms with Gasteiger partial charge in [0, 0.05) is 10.7 Å². The van der Waals surface area contributed by atoms with E-state index < -0.39 is 11.9 Å². The van der Waals surface area contributed by atoms with Gasteiger partial charge in [0.1, 0.15) is 11.6 Å². The molecule has 0 bridgehead atoms. The molecule has 0 spiro atoms. The average molecular weight is 447 g/mol. The number of para-hydroxylation sites is 1. The topological polar surface area (TPSA) is 88.4 Å². The van der Waals surface area contributed by atoms with Crippen LogP contribution in [0, 0.1) is 11.3 Å². The van der Waals surface area contributed by atoms with E-state index in [-0.39, 0.29) is 11.3 Å². The number of hydrogen-bond acceptors (Lipinski definition) is 5. The van der Waals surface area contributed by atoms with Crippen LogP contribution in [-0.4, -0.2) is 18.5 Å². The number of carbonyl (C=O) groups excluding carboxylic acids is 2. The first-order valence-corrected chi connectivity index (χ1v) is 10.1. The van der Waals surface area contributed by atoms with E-state index in [2.05, 4.69) is 5.32 Å². The number of nitriles is 1. The molecule has 6 nitrogen and oxygen atoms in total. The fraction of sp³-hybridized carbons (Fsp3) is 0.0800. The lowest BCUT2D eigenvalue weighted by Gasteiger charge is -2.12. The van der Waals surface area contributed by atoms with Crippen molar-refractivity contribution >= 4 is 35.2 Å². The van der Waals surface area contributed by atoms with Crippen molar-refractivity contribution in [3.63, 3.8) is 0 Å². The van der Waals surface area contributed by atoms with Crippen molar-refractivity contribution in [2.45, 2.75) is 6.92 Å². The van der Waals surface area contributed by atoms with Crippen LogP contribution in [0.4, 0.5) is 5.69 Å². The molecule has 0 aromatic heterocycles. The number of esters is 1. The Balaban J connectivity index is 1.82. The predicted molar refractivity (Wildman–Crippen MR) is 123 cm³/mol. The number of rotatable bonds is 7. The highest BCUT2D eigenvalue weighted by molar-refractivity contribution is 6.30. The summed E-state index contributed by atoms with van der Waals surface area (Å²) < 4.78 is 11.1. The molecule has 3 aromatic rings. The maximum Gasteiger partial charge on any atom is 0.343 e. The van der Waals surface area contributed by atoms with Crippen molar-refractivity contribution in [3.05, 3.63) is 94.5 Å². The van der Waals surface area contributed by atoms with Gasteiger partial charge in [0.2, 0.25) is 0 Å². The van der Waals surface area contributed by atoms with E-state index in [4.69, 9.17) is 21.1 Å². The van der Waals surface area contributed by atoms with Gasteiger partial charge in [-0.25, -0.2) is 4.79 Å². The fourth-order valence-corrected chi connectivity index (χ4v) is 2.87. The second-order valence-corrected chi connectivity index (χ2v) is 6.96. The summed E-state index contributed by atoms with van der Waals surface area (Å²) >= 11 is 5.85. The van der Waals surface area contributed by atoms with Crippen LogP contribution >= 0.6 is 11.6 Å². The minimum absolute atomic E-state index is 0.0813. The standard InChI is InChI=1S/C25H19ClN2O4/c1-2-31-23-15-17(14-19(16-27)24(29)28-21-6-4-3-5-7-21)8-13-22(23)32-25(30)18-9-11-20(26)12-10-18/h3-15H,2H2,1H3,(H,28,29)/b19-14+. The predicted octanol–water partition coefficient (Wildman–Crippen LogP) is 5.50. The Bertz CT molecular complexity index is 1180. The van der Waals surface area contributed by atoms with Gasteiger partial charge in [-0.05, 0) is 67.1 Å². The molecule has 0 fully saturated rings. The van der Waals surface area contributed by atoms with Crippen LogP contribution in [0.15, 0.2) is 78.4 Å². The Kier molecular flexibility index (Phi) is 7.63. The zero-order chi connectivity index (χ0) is 22.9. The molecule has 1 N–H and O–H groups in total. The summed E-state index contributed by atoms with van der Waals surface area (Å²) in [6.45, 7) is 2.12. The van der Waals surface area contributed by atoms with E-state index in [1.54, 1.807) is 73.7 Å². The Labute approximate surface area is 190 Å². The minimum Gasteiger partial charge on any atom is -0.490 e. The number of hydrogen-bond donors (Lipinski definition) is 1. The molecule has 160 valence electrons. The van der Waals surface area contributed by atoms with Crippen molar-refractivity contribution in [1.82, 2.24) is 0 Å². The van der Waals surface area contributed by atoms with Gasteiger partial charge >= 0.3 is 5.97 Å². The van der Waals surface area contributed by atoms with E-state index in [1.165, 1.54) is 6.08 Å². The lowest BCUT2D eigenvalue weighted by molar-refractivity contribution is -0.112. The highest BCUT2D eigenvalue weighted by Gasteiger charge is 2.15. The van der Waals surface area contributed by atoms with Crippen LogP contribution in [0.5, 0.6) is 11.5 Å². The van der Waals surface area contributed by atoms with Gasteiger partial charge in [-0.15, -0.1) is 0 Å². The van der Waals surface area contributed by atoms with Gasteiger partial charge in [-0.1, -0.05) is 35.9 Å². The second kappa shape index (κ2) is 10.8. The number of anilines is 1. The Morgan fingerprint density at radius 3 is 2.41 bits per heavy atom. The monoisotopic (exact) mass is 446 g/mol. The molecule has 0 radical (unpaired) electrons. The van der Waals surface area contributed by atoms with E-state index >= 15 is 0 Å². The number of amides is 1. The first-order chi connectivity index (χ1) is 15.5. The van der Waals surface area contributed by atoms with Gasteiger partial charge in [-0.2, -0.15) is 5.26 Å². The van der Waals surface area contributed by atoms with Gasteiger partial charge in [0.25, 0.3) is 5.91 Å². The number of ether oxygens (including phenoxy) is 2. The first kappa shape index (κ1) is 22.6. The smallest absolute Gasteiger partial charge is 0.343 e. The molecular weight excluding hydrogens is 428 g/mol. The number of carbonyl (C=O) groups is 2. The normalized spacial score (nSPS) is 10.7. The molecule has 7 heteroatoms. The molecule has 1 amide bonds. The Hall–Kier alpha value is -4.08. The maximum atomic E-state index is 12.4. The van der Waals surface area contributed by atoms with Gasteiger partial charge in [0.05, 0.1) is 12.2 Å². The van der Waals surface area contributed by atoms with Crippen molar-refractivity contribution in [2.75, 3.05) is 11.9 Å². The maximum absolute atomic E-state index is 12.4. The van der Waals surface area contributed by atoms with E-state index in [0.29, 0.717) is 34.2 Å². The molecular formula is C25H19ClN2O4. The van der Waals surface area contributed by atoms with Gasteiger partial charge in [-0.3, -0.25) is 4.79 Å². The highest BCUT2D eigenvalue weighted by Crippen LogP contribution is 2.30. The third-order valence-electron chi connectivity index (χ3n) is 4.26. The van der Waals surface area contributed by atoms with Crippen molar-refractivity contribution in [3.8, 4) is 17.6 Å². The van der Waals surface area contributed by atoms with Crippen molar-refractivity contribution < 1.29 is 19.1 Å². The van der Waals surface area contributed by atoms with Crippen molar-refractivity contribution in [1.29, 1.82) is 5.26 Å². The Morgan fingerprint density at radius 1 is 1.03 bits per heavy atom. The van der Waals surface area contributed by atoms with Crippen LogP contribution in [0.25, 0.3) is 6.08 Å². The molecule has 0 heterocycles. The van der Waals surface area contributed by atoms with Crippen LogP contribution in [0.3, 0.4) is 0 Å². The summed E-state index contributed by atoms with van der Waals surface area (Å²) in [6, 6.07) is 21.8. The number of halogens is 1. The number of nitrogens with one attached hydrogen (secondary N) is 1. The first-order valence-electron chi connectivity index (χ1n) is 9.73. The summed E-state index contributed by atoms with van der Waals surface area (Å²) in [5, 5.41) is 12.6. The summed E-state index contributed by atoms with van der Waals surface area (Å²) in [7, 11) is 0. The lowest BCUT2D eigenvalue weighted by Crippen LogP contribution is -2.13. The van der Waals surface area contributed by atoms with Crippen LogP contribution in [0.2, 0.25) is 5.02 Å². The molecule has 0 saturated carbocycles. The molecule has 32 heavy (non-hydrogen) atoms. The van der Waals surface area contributed by atoms with Crippen LogP contribution in [-0.2, 0) is 4.79 Å². The van der Waals surface area contributed by atoms with E-state index in [9.17, 15) is 14.9 Å². The molecule has 0 aliphatic carbocycles. The summed E-state index contributed by atoms with van der Waals surface area (Å²) in [5.41, 5.74) is 1.38. The molecule has 0 saturated heterocycles. The van der Waals surface area contributed by atoms with Crippen LogP contribution < -0.4 is 14.8 Å². The molecule has 0 atom stereocenters. The third kappa shape index (κ3) is 5.97. The minimum atomic E-state index is -0.564. The zero-order valence-electron chi connectivity index (χ0n) is 17.2. The van der Waals surface area contributed by atoms with E-state index in [0.717, 1.165) is 0 Å². The quantitative estimate of drug-likeness (QED) is 0.224. The molecule has 3 aromatic carbocycles. The summed E-state index contributed by atoms with van der Waals surface area (Å²) in [6.07, 6.45) is 1.44. The molecule has 0 aliphatic heterocycles. The number of benzene rings is 3. The van der Waals surface area contributed by atoms with E-state index in [1.807, 2.05) is 12.1 Å². The second-order valence-electron chi connectivity index (χ2n) is 6.53. The zero-order valence-corrected chi connectivity index (χ0v) is 17.9. The highest BCUT2D eigenvalue weighted by atomic mass is 35.5. The molecule has 3 rings (SSSR count). The lowest BCUT2D eigenvalue weighted by atomic mass is 10.1. The van der Waals surface area contributed by atoms with Crippen LogP contribution in [0.1, 0.15) is 22.8 Å². The Morgan fingerprint density at radius 2 is 1.75 bits per heavy atom.